The van der Waals surface area contributed by atoms with Crippen LogP contribution in [0.4, 0.5) is 0 Å². The number of hydrogen-bond donors (Lipinski definition) is 1. The third-order valence-corrected chi connectivity index (χ3v) is 7.00. The first kappa shape index (κ1) is 24.0. The summed E-state index contributed by atoms with van der Waals surface area (Å²) in [7, 11) is 0. The van der Waals surface area contributed by atoms with E-state index in [0.29, 0.717) is 25.2 Å². The molecule has 0 atom stereocenters. The Morgan fingerprint density at radius 3 is 2.24 bits per heavy atom. The molecule has 0 bridgehead atoms. The van der Waals surface area contributed by atoms with Crippen LogP contribution in [-0.2, 0) is 6.61 Å². The molecule has 0 radical (unpaired) electrons. The molecule has 1 aliphatic rings. The van der Waals surface area contributed by atoms with Crippen LogP contribution in [0.3, 0.4) is 0 Å². The van der Waals surface area contributed by atoms with Crippen molar-refractivity contribution in [2.24, 2.45) is 0 Å². The molecule has 0 spiro atoms. The molecule has 0 unspecified atom stereocenters. The topological polar surface area (TPSA) is 55.8 Å². The maximum absolute atomic E-state index is 10.9. The number of aldehydes is 1. The number of ether oxygens (including phenoxy) is 2. The standard InChI is InChI=1S/C30H34O4/c1-21-17-27(33-16-15-30(32)13-4-5-14-30)18-22(2)29(21)28-8-6-7-25(23(28)3)20-34-26-11-9-24(19-31)10-12-26/h6-12,17-19,32H,4-5,13-16,20H2,1-3H3. The smallest absolute Gasteiger partial charge is 0.150 e. The Morgan fingerprint density at radius 1 is 0.912 bits per heavy atom. The van der Waals surface area contributed by atoms with Gasteiger partial charge < -0.3 is 14.6 Å². The summed E-state index contributed by atoms with van der Waals surface area (Å²) >= 11 is 0. The van der Waals surface area contributed by atoms with Crippen LogP contribution in [0.1, 0.15) is 64.7 Å². The Morgan fingerprint density at radius 2 is 1.59 bits per heavy atom. The largest absolute Gasteiger partial charge is 0.493 e. The van der Waals surface area contributed by atoms with Gasteiger partial charge in [-0.3, -0.25) is 4.79 Å². The number of carbonyl (C=O) groups excluding carboxylic acids is 1. The van der Waals surface area contributed by atoms with Gasteiger partial charge >= 0.3 is 0 Å². The molecule has 1 aliphatic carbocycles. The second-order valence-electron chi connectivity index (χ2n) is 9.53. The average molecular weight is 459 g/mol. The van der Waals surface area contributed by atoms with E-state index in [-0.39, 0.29) is 0 Å². The number of aryl methyl sites for hydroxylation is 2. The van der Waals surface area contributed by atoms with Gasteiger partial charge in [-0.05, 0) is 103 Å². The van der Waals surface area contributed by atoms with Crippen molar-refractivity contribution in [3.63, 3.8) is 0 Å². The van der Waals surface area contributed by atoms with Gasteiger partial charge in [0.05, 0.1) is 12.2 Å². The third-order valence-electron chi connectivity index (χ3n) is 7.00. The van der Waals surface area contributed by atoms with E-state index in [1.54, 1.807) is 12.1 Å². The van der Waals surface area contributed by atoms with E-state index in [9.17, 15) is 9.90 Å². The number of rotatable bonds is 9. The van der Waals surface area contributed by atoms with Crippen molar-refractivity contribution in [1.82, 2.24) is 0 Å². The fraction of sp³-hybridized carbons (Fsp3) is 0.367. The molecule has 0 aliphatic heterocycles. The second kappa shape index (κ2) is 10.4. The SMILES string of the molecule is Cc1cc(OCCC2(O)CCCC2)cc(C)c1-c1cccc(COc2ccc(C=O)cc2)c1C. The lowest BCUT2D eigenvalue weighted by atomic mass is 9.90. The highest BCUT2D eigenvalue weighted by Crippen LogP contribution is 2.35. The third kappa shape index (κ3) is 5.51. The van der Waals surface area contributed by atoms with Crippen LogP contribution in [0, 0.1) is 20.8 Å². The second-order valence-corrected chi connectivity index (χ2v) is 9.53. The molecule has 34 heavy (non-hydrogen) atoms. The normalized spacial score (nSPS) is 14.7. The quantitative estimate of drug-likeness (QED) is 0.361. The minimum atomic E-state index is -0.541. The zero-order valence-corrected chi connectivity index (χ0v) is 20.4. The fourth-order valence-electron chi connectivity index (χ4n) is 4.99. The monoisotopic (exact) mass is 458 g/mol. The number of benzene rings is 3. The van der Waals surface area contributed by atoms with Gasteiger partial charge in [0, 0.05) is 12.0 Å². The van der Waals surface area contributed by atoms with Crippen LogP contribution in [0.25, 0.3) is 11.1 Å². The molecule has 0 heterocycles. The minimum Gasteiger partial charge on any atom is -0.493 e. The Kier molecular flexibility index (Phi) is 7.38. The molecule has 4 heteroatoms. The van der Waals surface area contributed by atoms with Crippen LogP contribution < -0.4 is 9.47 Å². The van der Waals surface area contributed by atoms with Crippen LogP contribution >= 0.6 is 0 Å². The van der Waals surface area contributed by atoms with Gasteiger partial charge in [-0.1, -0.05) is 31.0 Å². The van der Waals surface area contributed by atoms with Gasteiger partial charge in [0.1, 0.15) is 24.4 Å². The van der Waals surface area contributed by atoms with E-state index in [0.717, 1.165) is 49.0 Å². The van der Waals surface area contributed by atoms with Gasteiger partial charge in [0.15, 0.2) is 0 Å². The summed E-state index contributed by atoms with van der Waals surface area (Å²) in [5.41, 5.74) is 7.16. The van der Waals surface area contributed by atoms with Crippen LogP contribution in [0.5, 0.6) is 11.5 Å². The van der Waals surface area contributed by atoms with Crippen LogP contribution in [0.2, 0.25) is 0 Å². The predicted molar refractivity (Wildman–Crippen MR) is 136 cm³/mol. The number of carbonyl (C=O) groups is 1. The van der Waals surface area contributed by atoms with Crippen LogP contribution in [-0.4, -0.2) is 23.6 Å². The van der Waals surface area contributed by atoms with Crippen molar-refractivity contribution >= 4 is 6.29 Å². The highest BCUT2D eigenvalue weighted by molar-refractivity contribution is 5.76. The zero-order valence-electron chi connectivity index (χ0n) is 20.4. The fourth-order valence-corrected chi connectivity index (χ4v) is 4.99. The summed E-state index contributed by atoms with van der Waals surface area (Å²) in [4.78, 5) is 10.9. The molecule has 1 N–H and O–H groups in total. The van der Waals surface area contributed by atoms with E-state index in [4.69, 9.17) is 9.47 Å². The number of aliphatic hydroxyl groups is 1. The molecule has 3 aromatic rings. The molecule has 0 saturated heterocycles. The highest BCUT2D eigenvalue weighted by atomic mass is 16.5. The van der Waals surface area contributed by atoms with Gasteiger partial charge in [-0.15, -0.1) is 0 Å². The van der Waals surface area contributed by atoms with E-state index < -0.39 is 5.60 Å². The molecule has 178 valence electrons. The first-order valence-electron chi connectivity index (χ1n) is 12.1. The van der Waals surface area contributed by atoms with E-state index >= 15 is 0 Å². The van der Waals surface area contributed by atoms with Gasteiger partial charge in [0.2, 0.25) is 0 Å². The lowest BCUT2D eigenvalue weighted by molar-refractivity contribution is 0.0257. The lowest BCUT2D eigenvalue weighted by Crippen LogP contribution is -2.26. The maximum Gasteiger partial charge on any atom is 0.150 e. The first-order valence-corrected chi connectivity index (χ1v) is 12.1. The Bertz CT molecular complexity index is 1120. The highest BCUT2D eigenvalue weighted by Gasteiger charge is 2.30. The van der Waals surface area contributed by atoms with Crippen molar-refractivity contribution in [1.29, 1.82) is 0 Å². The molecule has 0 amide bonds. The van der Waals surface area contributed by atoms with Crippen LogP contribution in [0.15, 0.2) is 54.6 Å². The zero-order chi connectivity index (χ0) is 24.1. The summed E-state index contributed by atoms with van der Waals surface area (Å²) in [6, 6.07) is 17.7. The first-order chi connectivity index (χ1) is 16.4. The Hall–Kier alpha value is -3.11. The molecular formula is C30H34O4. The van der Waals surface area contributed by atoms with E-state index in [2.05, 4.69) is 51.1 Å². The summed E-state index contributed by atoms with van der Waals surface area (Å²) in [5.74, 6) is 1.60. The van der Waals surface area contributed by atoms with Crippen molar-refractivity contribution in [3.8, 4) is 22.6 Å². The van der Waals surface area contributed by atoms with Gasteiger partial charge in [-0.2, -0.15) is 0 Å². The summed E-state index contributed by atoms with van der Waals surface area (Å²) in [6.45, 7) is 7.37. The van der Waals surface area contributed by atoms with Gasteiger partial charge in [-0.25, -0.2) is 0 Å². The molecular weight excluding hydrogens is 424 g/mol. The molecule has 0 aromatic heterocycles. The molecule has 1 saturated carbocycles. The summed E-state index contributed by atoms with van der Waals surface area (Å²) in [6.07, 6.45) is 5.51. The summed E-state index contributed by atoms with van der Waals surface area (Å²) < 4.78 is 12.0. The van der Waals surface area contributed by atoms with Crippen molar-refractivity contribution in [3.05, 3.63) is 82.4 Å². The Labute approximate surface area is 202 Å². The van der Waals surface area contributed by atoms with Crippen molar-refractivity contribution in [2.45, 2.75) is 65.1 Å². The summed E-state index contributed by atoms with van der Waals surface area (Å²) in [5, 5.41) is 10.6. The van der Waals surface area contributed by atoms with E-state index in [1.165, 1.54) is 27.8 Å². The minimum absolute atomic E-state index is 0.461. The molecule has 4 rings (SSSR count). The predicted octanol–water partition coefficient (Wildman–Crippen LogP) is 6.74. The van der Waals surface area contributed by atoms with Crippen molar-refractivity contribution in [2.75, 3.05) is 6.61 Å². The number of hydrogen-bond acceptors (Lipinski definition) is 4. The molecule has 1 fully saturated rings. The van der Waals surface area contributed by atoms with Crippen molar-refractivity contribution < 1.29 is 19.4 Å². The lowest BCUT2D eigenvalue weighted by Gasteiger charge is -2.22. The molecule has 4 nitrogen and oxygen atoms in total. The Balaban J connectivity index is 1.47. The maximum atomic E-state index is 10.9. The average Bonchev–Trinajstić information content (AvgIpc) is 3.25. The van der Waals surface area contributed by atoms with Gasteiger partial charge in [0.25, 0.3) is 0 Å². The molecule has 3 aromatic carbocycles. The van der Waals surface area contributed by atoms with E-state index in [1.807, 2.05) is 12.1 Å².